The number of piperidine rings is 1. The van der Waals surface area contributed by atoms with Gasteiger partial charge in [-0.05, 0) is 51.1 Å². The first-order valence-electron chi connectivity index (χ1n) is 9.39. The lowest BCUT2D eigenvalue weighted by molar-refractivity contribution is -0.130. The summed E-state index contributed by atoms with van der Waals surface area (Å²) in [6.45, 7) is 7.14. The van der Waals surface area contributed by atoms with Crippen LogP contribution in [0.4, 0.5) is 0 Å². The maximum atomic E-state index is 12.4. The second-order valence-corrected chi connectivity index (χ2v) is 8.23. The lowest BCUT2D eigenvalue weighted by Crippen LogP contribution is -2.57. The molecule has 6 nitrogen and oxygen atoms in total. The van der Waals surface area contributed by atoms with Crippen molar-refractivity contribution in [1.82, 2.24) is 15.2 Å². The van der Waals surface area contributed by atoms with Crippen LogP contribution in [-0.4, -0.2) is 54.2 Å². The van der Waals surface area contributed by atoms with E-state index in [-0.39, 0.29) is 30.7 Å². The number of hydrogen-bond acceptors (Lipinski definition) is 6. The van der Waals surface area contributed by atoms with E-state index >= 15 is 0 Å². The number of ether oxygens (including phenoxy) is 1. The molecule has 0 atom stereocenters. The van der Waals surface area contributed by atoms with Crippen molar-refractivity contribution in [3.8, 4) is 0 Å². The van der Waals surface area contributed by atoms with Gasteiger partial charge in [0.25, 0.3) is 0 Å². The van der Waals surface area contributed by atoms with Gasteiger partial charge < -0.3 is 15.8 Å². The van der Waals surface area contributed by atoms with E-state index in [1.54, 1.807) is 11.3 Å². The smallest absolute Gasteiger partial charge is 0.240 e. The highest BCUT2D eigenvalue weighted by Gasteiger charge is 2.36. The molecule has 1 aromatic heterocycles. The van der Waals surface area contributed by atoms with Crippen LogP contribution in [0.15, 0.2) is 5.38 Å². The molecular weight excluding hydrogens is 407 g/mol. The highest BCUT2D eigenvalue weighted by Crippen LogP contribution is 2.21. The largest absolute Gasteiger partial charge is 0.381 e. The third-order valence-corrected chi connectivity index (χ3v) is 6.43. The summed E-state index contributed by atoms with van der Waals surface area (Å²) in [6, 6.07) is 0. The van der Waals surface area contributed by atoms with Crippen LogP contribution in [0.2, 0.25) is 0 Å². The van der Waals surface area contributed by atoms with Crippen molar-refractivity contribution < 1.29 is 9.53 Å². The van der Waals surface area contributed by atoms with Crippen molar-refractivity contribution >= 4 is 42.1 Å². The topological polar surface area (TPSA) is 80.5 Å². The molecule has 156 valence electrons. The average molecular weight is 439 g/mol. The molecule has 2 aliphatic heterocycles. The van der Waals surface area contributed by atoms with Gasteiger partial charge in [0.05, 0.1) is 16.2 Å². The van der Waals surface area contributed by atoms with Crippen LogP contribution in [0.1, 0.15) is 43.3 Å². The van der Waals surface area contributed by atoms with Crippen LogP contribution in [0, 0.1) is 5.92 Å². The number of thiazole rings is 1. The van der Waals surface area contributed by atoms with Crippen molar-refractivity contribution in [3.05, 3.63) is 16.1 Å². The molecule has 2 fully saturated rings. The van der Waals surface area contributed by atoms with E-state index in [4.69, 9.17) is 10.5 Å². The highest BCUT2D eigenvalue weighted by atomic mass is 35.5. The zero-order valence-electron chi connectivity index (χ0n) is 15.9. The minimum atomic E-state index is -0.736. The van der Waals surface area contributed by atoms with E-state index in [1.165, 1.54) is 10.7 Å². The zero-order chi connectivity index (χ0) is 17.7. The monoisotopic (exact) mass is 438 g/mol. The number of carbonyl (C=O) groups is 1. The van der Waals surface area contributed by atoms with E-state index in [9.17, 15) is 4.79 Å². The number of aryl methyl sites for hydroxylation is 1. The SMILES string of the molecule is CCc1nc(CN2CCC(CNC(=O)C3(N)CCOCC3)CC2)cs1.Cl.Cl. The Morgan fingerprint density at radius 2 is 2.04 bits per heavy atom. The van der Waals surface area contributed by atoms with E-state index in [0.29, 0.717) is 32.0 Å². The van der Waals surface area contributed by atoms with Gasteiger partial charge in [-0.1, -0.05) is 6.92 Å². The van der Waals surface area contributed by atoms with Gasteiger partial charge in [0.2, 0.25) is 5.91 Å². The predicted molar refractivity (Wildman–Crippen MR) is 114 cm³/mol. The van der Waals surface area contributed by atoms with Gasteiger partial charge in [-0.15, -0.1) is 36.2 Å². The number of carbonyl (C=O) groups excluding carboxylic acids is 1. The van der Waals surface area contributed by atoms with Gasteiger partial charge in [0.1, 0.15) is 0 Å². The van der Waals surface area contributed by atoms with Gasteiger partial charge in [-0.2, -0.15) is 0 Å². The molecule has 0 bridgehead atoms. The molecule has 1 aromatic rings. The number of aromatic nitrogens is 1. The minimum Gasteiger partial charge on any atom is -0.381 e. The predicted octanol–water partition coefficient (Wildman–Crippen LogP) is 2.39. The molecule has 3 rings (SSSR count). The Balaban J connectivity index is 0.00000182. The average Bonchev–Trinajstić information content (AvgIpc) is 3.09. The van der Waals surface area contributed by atoms with Crippen LogP contribution in [0.25, 0.3) is 0 Å². The lowest BCUT2D eigenvalue weighted by Gasteiger charge is -2.34. The summed E-state index contributed by atoms with van der Waals surface area (Å²) in [5, 5.41) is 6.49. The molecule has 3 N–H and O–H groups in total. The zero-order valence-corrected chi connectivity index (χ0v) is 18.4. The van der Waals surface area contributed by atoms with Gasteiger partial charge >= 0.3 is 0 Å². The van der Waals surface area contributed by atoms with Gasteiger partial charge in [0.15, 0.2) is 0 Å². The molecule has 2 saturated heterocycles. The Labute approximate surface area is 178 Å². The van der Waals surface area contributed by atoms with E-state index in [1.807, 2.05) is 0 Å². The van der Waals surface area contributed by atoms with Crippen molar-refractivity contribution in [1.29, 1.82) is 0 Å². The van der Waals surface area contributed by atoms with Gasteiger partial charge in [-0.3, -0.25) is 9.69 Å². The summed E-state index contributed by atoms with van der Waals surface area (Å²) < 4.78 is 5.31. The summed E-state index contributed by atoms with van der Waals surface area (Å²) in [7, 11) is 0. The Kier molecular flexibility index (Phi) is 10.5. The Morgan fingerprint density at radius 3 is 2.63 bits per heavy atom. The third-order valence-electron chi connectivity index (χ3n) is 5.38. The van der Waals surface area contributed by atoms with Crippen LogP contribution in [0.3, 0.4) is 0 Å². The fourth-order valence-electron chi connectivity index (χ4n) is 3.54. The summed E-state index contributed by atoms with van der Waals surface area (Å²) in [4.78, 5) is 19.5. The number of amides is 1. The standard InChI is InChI=1S/C18H30N4O2S.2ClH/c1-2-16-21-15(13-25-16)12-22-7-3-14(4-8-22)11-20-17(23)18(19)5-9-24-10-6-18;;/h13-14H,2-12,19H2,1H3,(H,20,23);2*1H. The van der Waals surface area contributed by atoms with Crippen LogP contribution < -0.4 is 11.1 Å². The molecule has 0 spiro atoms. The number of halogens is 2. The molecule has 0 unspecified atom stereocenters. The lowest BCUT2D eigenvalue weighted by atomic mass is 9.89. The molecule has 3 heterocycles. The molecule has 0 radical (unpaired) electrons. The molecule has 2 aliphatic rings. The second-order valence-electron chi connectivity index (χ2n) is 7.28. The van der Waals surface area contributed by atoms with Crippen LogP contribution in [-0.2, 0) is 22.5 Å². The first-order chi connectivity index (χ1) is 12.1. The number of nitrogens with zero attached hydrogens (tertiary/aromatic N) is 2. The highest BCUT2D eigenvalue weighted by molar-refractivity contribution is 7.09. The van der Waals surface area contributed by atoms with Crippen molar-refractivity contribution in [3.63, 3.8) is 0 Å². The van der Waals surface area contributed by atoms with E-state index < -0.39 is 5.54 Å². The van der Waals surface area contributed by atoms with E-state index in [2.05, 4.69) is 27.5 Å². The molecule has 0 aromatic carbocycles. The molecule has 0 aliphatic carbocycles. The summed E-state index contributed by atoms with van der Waals surface area (Å²) >= 11 is 1.76. The third kappa shape index (κ3) is 6.84. The quantitative estimate of drug-likeness (QED) is 0.712. The van der Waals surface area contributed by atoms with Crippen molar-refractivity contribution in [2.45, 2.75) is 51.1 Å². The van der Waals surface area contributed by atoms with Crippen molar-refractivity contribution in [2.75, 3.05) is 32.8 Å². The fourth-order valence-corrected chi connectivity index (χ4v) is 4.27. The normalized spacial score (nSPS) is 20.4. The number of nitrogens with two attached hydrogens (primary N) is 1. The minimum absolute atomic E-state index is 0. The molecular formula is C18H32Cl2N4O2S. The maximum absolute atomic E-state index is 12.4. The Bertz CT molecular complexity index is 573. The summed E-state index contributed by atoms with van der Waals surface area (Å²) in [5.74, 6) is 0.540. The van der Waals surface area contributed by atoms with Crippen molar-refractivity contribution in [2.24, 2.45) is 11.7 Å². The molecule has 1 amide bonds. The second kappa shape index (κ2) is 11.5. The van der Waals surface area contributed by atoms with Crippen LogP contribution in [0.5, 0.6) is 0 Å². The number of nitrogens with one attached hydrogen (secondary N) is 1. The Morgan fingerprint density at radius 1 is 1.37 bits per heavy atom. The first-order valence-corrected chi connectivity index (χ1v) is 10.3. The van der Waals surface area contributed by atoms with Crippen LogP contribution >= 0.6 is 36.2 Å². The number of likely N-dealkylation sites (tertiary alicyclic amines) is 1. The summed E-state index contributed by atoms with van der Waals surface area (Å²) in [5.41, 5.74) is 6.69. The number of hydrogen-bond donors (Lipinski definition) is 2. The van der Waals surface area contributed by atoms with Gasteiger partial charge in [-0.25, -0.2) is 4.98 Å². The molecule has 27 heavy (non-hydrogen) atoms. The molecule has 9 heteroatoms. The van der Waals surface area contributed by atoms with Gasteiger partial charge in [0, 0.05) is 31.7 Å². The first kappa shape index (κ1) is 24.6. The van der Waals surface area contributed by atoms with E-state index in [0.717, 1.165) is 45.4 Å². The fraction of sp³-hybridized carbons (Fsp3) is 0.778. The maximum Gasteiger partial charge on any atom is 0.240 e. The number of rotatable bonds is 6. The Hall–Kier alpha value is -0.440. The molecule has 0 saturated carbocycles. The summed E-state index contributed by atoms with van der Waals surface area (Å²) in [6.07, 6.45) is 4.48.